The first-order valence-corrected chi connectivity index (χ1v) is 11.1. The number of nitrogens with zero attached hydrogens (tertiary/aromatic N) is 3. The van der Waals surface area contributed by atoms with Crippen molar-refractivity contribution >= 4 is 35.1 Å². The number of benzene rings is 2. The molecule has 0 radical (unpaired) electrons. The van der Waals surface area contributed by atoms with Gasteiger partial charge in [-0.25, -0.2) is 9.67 Å². The van der Waals surface area contributed by atoms with Crippen LogP contribution in [0.1, 0.15) is 28.8 Å². The van der Waals surface area contributed by atoms with Gasteiger partial charge in [0, 0.05) is 16.9 Å². The number of thioether (sulfide) groups is 1. The number of hydrogen-bond donors (Lipinski definition) is 1. The molecule has 1 N–H and O–H groups in total. The van der Waals surface area contributed by atoms with Crippen LogP contribution in [0.2, 0.25) is 0 Å². The second kappa shape index (κ2) is 11.0. The van der Waals surface area contributed by atoms with Crippen molar-refractivity contribution < 1.29 is 32.3 Å². The van der Waals surface area contributed by atoms with Crippen LogP contribution in [0, 0.1) is 0 Å². The Kier molecular flexibility index (Phi) is 8.05. The lowest BCUT2D eigenvalue weighted by molar-refractivity contribution is -0.147. The van der Waals surface area contributed by atoms with Crippen LogP contribution in [0.3, 0.4) is 0 Å². The van der Waals surface area contributed by atoms with Gasteiger partial charge in [-0.2, -0.15) is 18.3 Å². The molecule has 0 saturated carbocycles. The maximum Gasteiger partial charge on any atom is 0.416 e. The third-order valence-corrected chi connectivity index (χ3v) is 5.34. The van der Waals surface area contributed by atoms with E-state index in [-0.39, 0.29) is 30.0 Å². The molecule has 8 nitrogen and oxygen atoms in total. The number of carbonyl (C=O) groups is 3. The van der Waals surface area contributed by atoms with E-state index in [4.69, 9.17) is 4.74 Å². The highest BCUT2D eigenvalue weighted by Gasteiger charge is 2.31. The second-order valence-electron chi connectivity index (χ2n) is 6.93. The molecule has 0 atom stereocenters. The lowest BCUT2D eigenvalue weighted by Gasteiger charge is -2.14. The first-order valence-electron chi connectivity index (χ1n) is 9.86. The predicted octanol–water partition coefficient (Wildman–Crippen LogP) is 4.15. The topological polar surface area (TPSA) is 103 Å². The van der Waals surface area contributed by atoms with Crippen molar-refractivity contribution in [3.8, 4) is 5.69 Å². The summed E-state index contributed by atoms with van der Waals surface area (Å²) >= 11 is 1.53. The van der Waals surface area contributed by atoms with E-state index in [1.54, 1.807) is 24.3 Å². The predicted molar refractivity (Wildman–Crippen MR) is 118 cm³/mol. The van der Waals surface area contributed by atoms with Crippen molar-refractivity contribution in [1.29, 1.82) is 0 Å². The van der Waals surface area contributed by atoms with Crippen LogP contribution < -0.4 is 5.32 Å². The number of halogens is 3. The fourth-order valence-electron chi connectivity index (χ4n) is 2.89. The molecule has 178 valence electrons. The van der Waals surface area contributed by atoms with E-state index in [1.165, 1.54) is 29.1 Å². The van der Waals surface area contributed by atoms with Crippen LogP contribution in [0.4, 0.5) is 18.9 Å². The third kappa shape index (κ3) is 6.67. The molecule has 1 aromatic heterocycles. The number of ether oxygens (including phenoxy) is 1. The maximum atomic E-state index is 13.1. The molecular weight excluding hydrogens is 473 g/mol. The average molecular weight is 492 g/mol. The Morgan fingerprint density at radius 1 is 1.09 bits per heavy atom. The molecule has 0 saturated heterocycles. The first-order chi connectivity index (χ1) is 16.2. The summed E-state index contributed by atoms with van der Waals surface area (Å²) < 4.78 is 45.3. The number of carbonyl (C=O) groups excluding carboxylic acids is 3. The second-order valence-corrected chi connectivity index (χ2v) is 7.81. The molecule has 3 rings (SSSR count). The quantitative estimate of drug-likeness (QED) is 0.272. The SMILES string of the molecule is CSc1ccc(C(=O)CCC(=O)OCC(=O)Nc2cc(C(F)(F)F)ccc2-n2cncn2)cc1. The van der Waals surface area contributed by atoms with Crippen LogP contribution in [0.5, 0.6) is 0 Å². The van der Waals surface area contributed by atoms with Crippen LogP contribution >= 0.6 is 11.8 Å². The van der Waals surface area contributed by atoms with Gasteiger partial charge in [-0.05, 0) is 36.6 Å². The number of esters is 1. The Labute approximate surface area is 196 Å². The Hall–Kier alpha value is -3.67. The number of ketones is 1. The number of aromatic nitrogens is 3. The minimum absolute atomic E-state index is 0.108. The van der Waals surface area contributed by atoms with Crippen LogP contribution in [0.15, 0.2) is 60.0 Å². The van der Waals surface area contributed by atoms with Gasteiger partial charge in [0.05, 0.1) is 23.4 Å². The molecule has 0 aliphatic carbocycles. The highest BCUT2D eigenvalue weighted by molar-refractivity contribution is 7.98. The standard InChI is InChI=1S/C22H19F3N4O4S/c1-34-16-5-2-14(3-6-16)19(30)8-9-21(32)33-11-20(31)28-17-10-15(22(23,24)25)4-7-18(17)29-13-26-12-27-29/h2-7,10,12-13H,8-9,11H2,1H3,(H,28,31). The molecule has 0 aliphatic heterocycles. The van der Waals surface area contributed by atoms with Crippen molar-refractivity contribution in [3.05, 3.63) is 66.2 Å². The lowest BCUT2D eigenvalue weighted by Crippen LogP contribution is -2.22. The zero-order chi connectivity index (χ0) is 24.7. The van der Waals surface area contributed by atoms with Gasteiger partial charge in [0.2, 0.25) is 0 Å². The zero-order valence-corrected chi connectivity index (χ0v) is 18.7. The monoisotopic (exact) mass is 492 g/mol. The number of anilines is 1. The number of Topliss-reactive ketones (excluding diaryl/α,β-unsaturated/α-hetero) is 1. The van der Waals surface area contributed by atoms with Crippen molar-refractivity contribution in [2.75, 3.05) is 18.2 Å². The Morgan fingerprint density at radius 3 is 2.44 bits per heavy atom. The molecular formula is C22H19F3N4O4S. The minimum atomic E-state index is -4.63. The van der Waals surface area contributed by atoms with Gasteiger partial charge in [-0.3, -0.25) is 14.4 Å². The molecule has 0 bridgehead atoms. The Bertz CT molecular complexity index is 1170. The van der Waals surface area contributed by atoms with Gasteiger partial charge >= 0.3 is 12.1 Å². The smallest absolute Gasteiger partial charge is 0.416 e. The van der Waals surface area contributed by atoms with E-state index in [1.807, 2.05) is 6.26 Å². The van der Waals surface area contributed by atoms with E-state index in [9.17, 15) is 27.6 Å². The van der Waals surface area contributed by atoms with Crippen molar-refractivity contribution in [2.45, 2.75) is 23.9 Å². The largest absolute Gasteiger partial charge is 0.456 e. The minimum Gasteiger partial charge on any atom is -0.456 e. The normalized spacial score (nSPS) is 11.2. The summed E-state index contributed by atoms with van der Waals surface area (Å²) in [6.45, 7) is -0.734. The molecule has 3 aromatic rings. The van der Waals surface area contributed by atoms with Crippen molar-refractivity contribution in [1.82, 2.24) is 14.8 Å². The van der Waals surface area contributed by atoms with E-state index in [0.29, 0.717) is 5.56 Å². The number of rotatable bonds is 9. The molecule has 0 aliphatic rings. The molecule has 0 fully saturated rings. The summed E-state index contributed by atoms with van der Waals surface area (Å²) in [6.07, 6.45) is -0.638. The first kappa shape index (κ1) is 25.0. The maximum absolute atomic E-state index is 13.1. The molecule has 0 spiro atoms. The van der Waals surface area contributed by atoms with Gasteiger partial charge < -0.3 is 10.1 Å². The summed E-state index contributed by atoms with van der Waals surface area (Å²) in [4.78, 5) is 41.1. The van der Waals surface area contributed by atoms with Gasteiger partial charge in [-0.1, -0.05) is 12.1 Å². The van der Waals surface area contributed by atoms with E-state index in [2.05, 4.69) is 15.4 Å². The lowest BCUT2D eigenvalue weighted by atomic mass is 10.1. The molecule has 1 amide bonds. The van der Waals surface area contributed by atoms with Gasteiger partial charge in [0.1, 0.15) is 12.7 Å². The van der Waals surface area contributed by atoms with Gasteiger partial charge in [-0.15, -0.1) is 11.8 Å². The van der Waals surface area contributed by atoms with E-state index in [0.717, 1.165) is 23.1 Å². The van der Waals surface area contributed by atoms with Crippen molar-refractivity contribution in [3.63, 3.8) is 0 Å². The Morgan fingerprint density at radius 2 is 1.82 bits per heavy atom. The number of nitrogens with one attached hydrogen (secondary N) is 1. The van der Waals surface area contributed by atoms with Crippen LogP contribution in [-0.2, 0) is 20.5 Å². The van der Waals surface area contributed by atoms with Crippen LogP contribution in [0.25, 0.3) is 5.69 Å². The fourth-order valence-corrected chi connectivity index (χ4v) is 3.29. The molecule has 1 heterocycles. The number of amides is 1. The molecule has 0 unspecified atom stereocenters. The zero-order valence-electron chi connectivity index (χ0n) is 17.8. The molecule has 2 aromatic carbocycles. The van der Waals surface area contributed by atoms with Crippen molar-refractivity contribution in [2.24, 2.45) is 0 Å². The summed E-state index contributed by atoms with van der Waals surface area (Å²) in [5, 5.41) is 6.14. The van der Waals surface area contributed by atoms with Crippen LogP contribution in [-0.4, -0.2) is 45.3 Å². The van der Waals surface area contributed by atoms with E-state index < -0.39 is 30.2 Å². The summed E-state index contributed by atoms with van der Waals surface area (Å²) in [7, 11) is 0. The summed E-state index contributed by atoms with van der Waals surface area (Å²) in [6, 6.07) is 9.64. The van der Waals surface area contributed by atoms with Gasteiger partial charge in [0.15, 0.2) is 12.4 Å². The Balaban J connectivity index is 1.56. The third-order valence-electron chi connectivity index (χ3n) is 4.60. The van der Waals surface area contributed by atoms with Gasteiger partial charge in [0.25, 0.3) is 5.91 Å². The summed E-state index contributed by atoms with van der Waals surface area (Å²) in [5.74, 6) is -1.90. The molecule has 12 heteroatoms. The summed E-state index contributed by atoms with van der Waals surface area (Å²) in [5.41, 5.74) is -0.574. The fraction of sp³-hybridized carbons (Fsp3) is 0.227. The number of alkyl halides is 3. The number of hydrogen-bond acceptors (Lipinski definition) is 7. The average Bonchev–Trinajstić information content (AvgIpc) is 3.35. The highest BCUT2D eigenvalue weighted by atomic mass is 32.2. The molecule has 34 heavy (non-hydrogen) atoms. The highest BCUT2D eigenvalue weighted by Crippen LogP contribution is 2.33. The van der Waals surface area contributed by atoms with E-state index >= 15 is 0 Å².